The standard InChI is InChI=1S/C15H24FN/c1-3-5-6-11-15(17-12-4-2)13-9-7-8-10-14(13)16/h7-10,15,17H,3-6,11-12H2,1-2H3. The Morgan fingerprint density at radius 2 is 1.88 bits per heavy atom. The maximum Gasteiger partial charge on any atom is 0.127 e. The molecule has 1 unspecified atom stereocenters. The van der Waals surface area contributed by atoms with Crippen molar-refractivity contribution in [2.75, 3.05) is 6.54 Å². The van der Waals surface area contributed by atoms with Gasteiger partial charge in [0.15, 0.2) is 0 Å². The van der Waals surface area contributed by atoms with Gasteiger partial charge in [-0.15, -0.1) is 0 Å². The zero-order valence-electron chi connectivity index (χ0n) is 11.0. The fraction of sp³-hybridized carbons (Fsp3) is 0.600. The van der Waals surface area contributed by atoms with Crippen LogP contribution in [0.5, 0.6) is 0 Å². The summed E-state index contributed by atoms with van der Waals surface area (Å²) in [6.07, 6.45) is 5.69. The number of halogens is 1. The highest BCUT2D eigenvalue weighted by Gasteiger charge is 2.13. The molecular formula is C15H24FN. The molecule has 0 aliphatic rings. The number of unbranched alkanes of at least 4 members (excludes halogenated alkanes) is 2. The molecule has 0 aliphatic carbocycles. The Labute approximate surface area is 104 Å². The van der Waals surface area contributed by atoms with Crippen molar-refractivity contribution < 1.29 is 4.39 Å². The monoisotopic (exact) mass is 237 g/mol. The third-order valence-electron chi connectivity index (χ3n) is 3.02. The highest BCUT2D eigenvalue weighted by atomic mass is 19.1. The Balaban J connectivity index is 2.64. The lowest BCUT2D eigenvalue weighted by atomic mass is 10.00. The molecule has 0 heterocycles. The van der Waals surface area contributed by atoms with Crippen LogP contribution >= 0.6 is 0 Å². The molecule has 1 rings (SSSR count). The van der Waals surface area contributed by atoms with Crippen LogP contribution in [0.25, 0.3) is 0 Å². The van der Waals surface area contributed by atoms with Crippen molar-refractivity contribution in [1.82, 2.24) is 5.32 Å². The van der Waals surface area contributed by atoms with Crippen LogP contribution in [-0.4, -0.2) is 6.54 Å². The summed E-state index contributed by atoms with van der Waals surface area (Å²) in [5.41, 5.74) is 0.817. The Hall–Kier alpha value is -0.890. The smallest absolute Gasteiger partial charge is 0.127 e. The highest BCUT2D eigenvalue weighted by Crippen LogP contribution is 2.22. The third kappa shape index (κ3) is 4.86. The maximum atomic E-state index is 13.7. The maximum absolute atomic E-state index is 13.7. The number of hydrogen-bond acceptors (Lipinski definition) is 1. The summed E-state index contributed by atoms with van der Waals surface area (Å²) in [6.45, 7) is 5.28. The minimum Gasteiger partial charge on any atom is -0.310 e. The van der Waals surface area contributed by atoms with E-state index in [0.717, 1.165) is 31.4 Å². The van der Waals surface area contributed by atoms with Gasteiger partial charge in [-0.25, -0.2) is 4.39 Å². The van der Waals surface area contributed by atoms with Crippen molar-refractivity contribution in [1.29, 1.82) is 0 Å². The lowest BCUT2D eigenvalue weighted by Gasteiger charge is -2.19. The molecule has 0 bridgehead atoms. The number of hydrogen-bond donors (Lipinski definition) is 1. The van der Waals surface area contributed by atoms with E-state index in [0.29, 0.717) is 0 Å². The third-order valence-corrected chi connectivity index (χ3v) is 3.02. The molecule has 1 aromatic carbocycles. The second kappa shape index (κ2) is 8.24. The predicted molar refractivity (Wildman–Crippen MR) is 71.6 cm³/mol. The molecule has 0 saturated heterocycles. The predicted octanol–water partition coefficient (Wildman–Crippen LogP) is 4.45. The zero-order valence-corrected chi connectivity index (χ0v) is 11.0. The molecule has 0 radical (unpaired) electrons. The Kier molecular flexibility index (Phi) is 6.87. The van der Waals surface area contributed by atoms with Gasteiger partial charge < -0.3 is 5.32 Å². The van der Waals surface area contributed by atoms with E-state index in [1.54, 1.807) is 12.1 Å². The average molecular weight is 237 g/mol. The van der Waals surface area contributed by atoms with Crippen LogP contribution in [0.4, 0.5) is 4.39 Å². The quantitative estimate of drug-likeness (QED) is 0.659. The van der Waals surface area contributed by atoms with Gasteiger partial charge in [0.1, 0.15) is 5.82 Å². The van der Waals surface area contributed by atoms with Gasteiger partial charge >= 0.3 is 0 Å². The van der Waals surface area contributed by atoms with Crippen LogP contribution in [0.15, 0.2) is 24.3 Å². The summed E-state index contributed by atoms with van der Waals surface area (Å²) in [5.74, 6) is -0.0856. The molecule has 96 valence electrons. The van der Waals surface area contributed by atoms with Crippen LogP contribution < -0.4 is 5.32 Å². The van der Waals surface area contributed by atoms with Crippen molar-refractivity contribution >= 4 is 0 Å². The first-order valence-electron chi connectivity index (χ1n) is 6.77. The van der Waals surface area contributed by atoms with Crippen LogP contribution in [0, 0.1) is 5.82 Å². The molecule has 0 spiro atoms. The molecule has 2 heteroatoms. The fourth-order valence-electron chi connectivity index (χ4n) is 2.04. The van der Waals surface area contributed by atoms with Gasteiger partial charge in [0.2, 0.25) is 0 Å². The summed E-state index contributed by atoms with van der Waals surface area (Å²) >= 11 is 0. The van der Waals surface area contributed by atoms with Crippen LogP contribution in [0.3, 0.4) is 0 Å². The lowest BCUT2D eigenvalue weighted by molar-refractivity contribution is 0.454. The molecule has 1 aromatic rings. The summed E-state index contributed by atoms with van der Waals surface area (Å²) < 4.78 is 13.7. The lowest BCUT2D eigenvalue weighted by Crippen LogP contribution is -2.23. The van der Waals surface area contributed by atoms with Crippen LogP contribution in [-0.2, 0) is 0 Å². The number of benzene rings is 1. The zero-order chi connectivity index (χ0) is 12.5. The van der Waals surface area contributed by atoms with E-state index in [1.807, 2.05) is 12.1 Å². The number of rotatable bonds is 8. The van der Waals surface area contributed by atoms with Crippen molar-refractivity contribution in [2.45, 2.75) is 52.0 Å². The second-order valence-electron chi connectivity index (χ2n) is 4.52. The summed E-state index contributed by atoms with van der Waals surface area (Å²) in [6, 6.07) is 7.29. The first kappa shape index (κ1) is 14.2. The molecular weight excluding hydrogens is 213 g/mol. The normalized spacial score (nSPS) is 12.6. The molecule has 0 aliphatic heterocycles. The fourth-order valence-corrected chi connectivity index (χ4v) is 2.04. The van der Waals surface area contributed by atoms with E-state index in [-0.39, 0.29) is 11.9 Å². The van der Waals surface area contributed by atoms with Gasteiger partial charge in [-0.2, -0.15) is 0 Å². The van der Waals surface area contributed by atoms with Crippen molar-refractivity contribution in [3.63, 3.8) is 0 Å². The number of nitrogens with one attached hydrogen (secondary N) is 1. The Morgan fingerprint density at radius 3 is 2.53 bits per heavy atom. The Morgan fingerprint density at radius 1 is 1.12 bits per heavy atom. The minimum atomic E-state index is -0.0856. The first-order chi connectivity index (χ1) is 8.29. The van der Waals surface area contributed by atoms with E-state index < -0.39 is 0 Å². The van der Waals surface area contributed by atoms with Gasteiger partial charge in [-0.05, 0) is 25.5 Å². The molecule has 17 heavy (non-hydrogen) atoms. The molecule has 1 atom stereocenters. The van der Waals surface area contributed by atoms with E-state index in [9.17, 15) is 4.39 Å². The Bertz CT molecular complexity index is 312. The van der Waals surface area contributed by atoms with Gasteiger partial charge in [0.25, 0.3) is 0 Å². The molecule has 1 N–H and O–H groups in total. The van der Waals surface area contributed by atoms with Crippen molar-refractivity contribution in [2.24, 2.45) is 0 Å². The van der Waals surface area contributed by atoms with Gasteiger partial charge in [-0.3, -0.25) is 0 Å². The van der Waals surface area contributed by atoms with Crippen LogP contribution in [0.2, 0.25) is 0 Å². The van der Waals surface area contributed by atoms with Gasteiger partial charge in [-0.1, -0.05) is 51.3 Å². The molecule has 0 fully saturated rings. The largest absolute Gasteiger partial charge is 0.310 e. The highest BCUT2D eigenvalue weighted by molar-refractivity contribution is 5.21. The van der Waals surface area contributed by atoms with E-state index in [1.165, 1.54) is 12.8 Å². The molecule has 1 nitrogen and oxygen atoms in total. The van der Waals surface area contributed by atoms with E-state index in [4.69, 9.17) is 0 Å². The molecule has 0 aromatic heterocycles. The average Bonchev–Trinajstić information content (AvgIpc) is 2.35. The molecule has 0 amide bonds. The van der Waals surface area contributed by atoms with E-state index in [2.05, 4.69) is 19.2 Å². The first-order valence-corrected chi connectivity index (χ1v) is 6.77. The summed E-state index contributed by atoms with van der Waals surface area (Å²) in [5, 5.41) is 3.45. The minimum absolute atomic E-state index is 0.0856. The summed E-state index contributed by atoms with van der Waals surface area (Å²) in [7, 11) is 0. The molecule has 0 saturated carbocycles. The van der Waals surface area contributed by atoms with Gasteiger partial charge in [0, 0.05) is 11.6 Å². The van der Waals surface area contributed by atoms with E-state index >= 15 is 0 Å². The van der Waals surface area contributed by atoms with Crippen LogP contribution in [0.1, 0.15) is 57.6 Å². The van der Waals surface area contributed by atoms with Crippen molar-refractivity contribution in [3.8, 4) is 0 Å². The topological polar surface area (TPSA) is 12.0 Å². The second-order valence-corrected chi connectivity index (χ2v) is 4.52. The SMILES string of the molecule is CCCCCC(NCCC)c1ccccc1F. The van der Waals surface area contributed by atoms with Gasteiger partial charge in [0.05, 0.1) is 0 Å². The summed E-state index contributed by atoms with van der Waals surface area (Å²) in [4.78, 5) is 0. The van der Waals surface area contributed by atoms with Crippen molar-refractivity contribution in [3.05, 3.63) is 35.6 Å².